The summed E-state index contributed by atoms with van der Waals surface area (Å²) in [4.78, 5) is 78.0. The summed E-state index contributed by atoms with van der Waals surface area (Å²) in [6.07, 6.45) is 2.88. The van der Waals surface area contributed by atoms with E-state index in [0.29, 0.717) is 69.0 Å². The monoisotopic (exact) mass is 911 g/mol. The van der Waals surface area contributed by atoms with Crippen LogP contribution in [-0.2, 0) is 24.4 Å². The van der Waals surface area contributed by atoms with Crippen LogP contribution in [-0.4, -0.2) is 115 Å². The number of imide groups is 2. The molecule has 9 rings (SSSR count). The Morgan fingerprint density at radius 3 is 2.32 bits per heavy atom. The van der Waals surface area contributed by atoms with E-state index >= 15 is 8.78 Å². The van der Waals surface area contributed by atoms with Crippen LogP contribution in [0.4, 0.5) is 31.8 Å². The zero-order chi connectivity index (χ0) is 45.7. The second-order valence-corrected chi connectivity index (χ2v) is 19.0. The predicted octanol–water partition coefficient (Wildman–Crippen LogP) is 4.36. The number of nitrogens with one attached hydrogen (secondary N) is 3. The molecule has 1 atom stereocenters. The highest BCUT2D eigenvalue weighted by Crippen LogP contribution is 2.40. The van der Waals surface area contributed by atoms with Crippen molar-refractivity contribution < 1.29 is 45.9 Å². The smallest absolute Gasteiger partial charge is 0.264 e. The molecule has 5 aliphatic heterocycles. The maximum atomic E-state index is 15.2. The van der Waals surface area contributed by atoms with Crippen LogP contribution in [0.2, 0.25) is 0 Å². The molecule has 0 spiro atoms. The molecule has 340 valence electrons. The third-order valence-corrected chi connectivity index (χ3v) is 14.7. The number of carbonyl (C=O) groups excluding carboxylic acids is 5. The van der Waals surface area contributed by atoms with Crippen molar-refractivity contribution in [2.75, 3.05) is 54.4 Å². The molecule has 20 heteroatoms. The van der Waals surface area contributed by atoms with E-state index in [2.05, 4.69) is 25.9 Å². The van der Waals surface area contributed by atoms with Crippen LogP contribution < -0.4 is 30.5 Å². The minimum absolute atomic E-state index is 0.0235. The standard InChI is InChI=1S/C45H47F2N9O8S/c1-25(2)55-20-21-64-40-32(46)22-27(23-36(40)55)39-33(47)24-48-45(52-39)50-28-6-8-30(9-7-28)65(62,63)54-18-14-29(15-19-54)49-41(58)26-12-16-53(17-13-26)34-5-3-4-31-38(34)44(61)56(43(31)60)35-10-11-37(57)51-42(35)59/h3-9,22-26,29,35H,10-21H2,1-2H3,(H,49,58)(H,48,50,52)(H,51,57,59). The molecule has 3 saturated heterocycles. The maximum absolute atomic E-state index is 15.2. The van der Waals surface area contributed by atoms with E-state index in [1.165, 1.54) is 22.5 Å². The van der Waals surface area contributed by atoms with E-state index in [1.54, 1.807) is 36.4 Å². The summed E-state index contributed by atoms with van der Waals surface area (Å²) in [5, 5.41) is 8.30. The molecule has 0 bridgehead atoms. The fraction of sp³-hybridized carbons (Fsp3) is 0.400. The Balaban J connectivity index is 0.774. The van der Waals surface area contributed by atoms with Crippen LogP contribution in [0.1, 0.15) is 73.1 Å². The number of sulfonamides is 1. The lowest BCUT2D eigenvalue weighted by Gasteiger charge is -2.36. The Labute approximate surface area is 373 Å². The van der Waals surface area contributed by atoms with Crippen LogP contribution in [0, 0.1) is 17.6 Å². The molecule has 0 saturated carbocycles. The summed E-state index contributed by atoms with van der Waals surface area (Å²) in [7, 11) is -3.88. The third-order valence-electron chi connectivity index (χ3n) is 12.8. The zero-order valence-electron chi connectivity index (χ0n) is 35.7. The summed E-state index contributed by atoms with van der Waals surface area (Å²) >= 11 is 0. The number of nitrogens with zero attached hydrogens (tertiary/aromatic N) is 6. The van der Waals surface area contributed by atoms with Gasteiger partial charge in [0.05, 0.1) is 40.1 Å². The Kier molecular flexibility index (Phi) is 11.7. The van der Waals surface area contributed by atoms with Gasteiger partial charge < -0.3 is 25.2 Å². The molecule has 4 aromatic rings. The lowest BCUT2D eigenvalue weighted by atomic mass is 9.93. The summed E-state index contributed by atoms with van der Waals surface area (Å²) in [6.45, 7) is 6.11. The Morgan fingerprint density at radius 2 is 1.62 bits per heavy atom. The molecule has 3 fully saturated rings. The summed E-state index contributed by atoms with van der Waals surface area (Å²) < 4.78 is 64.6. The van der Waals surface area contributed by atoms with Gasteiger partial charge in [-0.2, -0.15) is 4.31 Å². The zero-order valence-corrected chi connectivity index (χ0v) is 36.5. The first kappa shape index (κ1) is 43.7. The molecule has 65 heavy (non-hydrogen) atoms. The number of ether oxygens (including phenoxy) is 1. The summed E-state index contributed by atoms with van der Waals surface area (Å²) in [5.74, 6) is -3.96. The fourth-order valence-corrected chi connectivity index (χ4v) is 10.8. The molecule has 1 unspecified atom stereocenters. The second-order valence-electron chi connectivity index (χ2n) is 17.1. The topological polar surface area (TPSA) is 204 Å². The van der Waals surface area contributed by atoms with E-state index in [0.717, 1.165) is 11.1 Å². The summed E-state index contributed by atoms with van der Waals surface area (Å²) in [6, 6.07) is 12.6. The van der Waals surface area contributed by atoms with Crippen LogP contribution in [0.5, 0.6) is 5.75 Å². The molecule has 5 amide bonds. The minimum Gasteiger partial charge on any atom is -0.486 e. The van der Waals surface area contributed by atoms with Crippen LogP contribution in [0.25, 0.3) is 11.3 Å². The number of aromatic nitrogens is 2. The average Bonchev–Trinajstić information content (AvgIpc) is 3.55. The van der Waals surface area contributed by atoms with Crippen LogP contribution in [0.3, 0.4) is 0 Å². The van der Waals surface area contributed by atoms with Crippen LogP contribution >= 0.6 is 0 Å². The van der Waals surface area contributed by atoms with E-state index in [-0.39, 0.29) is 88.8 Å². The van der Waals surface area contributed by atoms with Gasteiger partial charge in [-0.15, -0.1) is 0 Å². The van der Waals surface area contributed by atoms with Gasteiger partial charge in [0, 0.05) is 61.9 Å². The Bertz CT molecular complexity index is 2710. The number of carbonyl (C=O) groups is 5. The Hall–Kier alpha value is -6.54. The molecule has 6 heterocycles. The van der Waals surface area contributed by atoms with Crippen molar-refractivity contribution in [1.82, 2.24) is 29.8 Å². The van der Waals surface area contributed by atoms with Crippen LogP contribution in [0.15, 0.2) is 65.7 Å². The average molecular weight is 912 g/mol. The van der Waals surface area contributed by atoms with Gasteiger partial charge in [0.2, 0.25) is 33.7 Å². The number of piperidine rings is 3. The molecule has 5 aliphatic rings. The van der Waals surface area contributed by atoms with E-state index in [1.807, 2.05) is 23.6 Å². The van der Waals surface area contributed by atoms with Crippen molar-refractivity contribution in [3.63, 3.8) is 0 Å². The quantitative estimate of drug-likeness (QED) is 0.190. The maximum Gasteiger partial charge on any atom is 0.264 e. The van der Waals surface area contributed by atoms with Gasteiger partial charge in [-0.25, -0.2) is 27.2 Å². The van der Waals surface area contributed by atoms with Gasteiger partial charge in [0.1, 0.15) is 18.3 Å². The van der Waals surface area contributed by atoms with E-state index in [4.69, 9.17) is 4.74 Å². The highest BCUT2D eigenvalue weighted by molar-refractivity contribution is 7.89. The number of rotatable bonds is 10. The van der Waals surface area contributed by atoms with E-state index < -0.39 is 51.3 Å². The molecule has 3 aromatic carbocycles. The van der Waals surface area contributed by atoms with E-state index in [9.17, 15) is 32.4 Å². The predicted molar refractivity (Wildman–Crippen MR) is 233 cm³/mol. The fourth-order valence-electron chi connectivity index (χ4n) is 9.30. The normalized spacial score (nSPS) is 19.8. The number of amides is 5. The highest BCUT2D eigenvalue weighted by Gasteiger charge is 2.46. The lowest BCUT2D eigenvalue weighted by Crippen LogP contribution is -2.54. The number of hydrogen-bond donors (Lipinski definition) is 3. The van der Waals surface area contributed by atoms with Crippen molar-refractivity contribution in [3.8, 4) is 17.0 Å². The van der Waals surface area contributed by atoms with Gasteiger partial charge in [-0.3, -0.25) is 34.2 Å². The first-order chi connectivity index (χ1) is 31.2. The Morgan fingerprint density at radius 1 is 0.877 bits per heavy atom. The van der Waals surface area contributed by atoms with Gasteiger partial charge >= 0.3 is 0 Å². The SMILES string of the molecule is CC(C)N1CCOc2c(F)cc(-c3nc(Nc4ccc(S(=O)(=O)N5CCC(NC(=O)C6CCN(c7cccc8c7C(=O)N(C7CCC(=O)NC7=O)C8=O)CC6)CC5)cc4)ncc3F)cc21. The molecular formula is C45H47F2N9O8S. The molecule has 17 nitrogen and oxygen atoms in total. The number of halogens is 2. The van der Waals surface area contributed by atoms with Gasteiger partial charge in [0.25, 0.3) is 11.8 Å². The molecule has 1 aromatic heterocycles. The lowest BCUT2D eigenvalue weighted by molar-refractivity contribution is -0.136. The third kappa shape index (κ3) is 8.35. The first-order valence-electron chi connectivity index (χ1n) is 21.7. The van der Waals surface area contributed by atoms with Crippen molar-refractivity contribution >= 4 is 62.6 Å². The van der Waals surface area contributed by atoms with Crippen molar-refractivity contribution in [1.29, 1.82) is 0 Å². The van der Waals surface area contributed by atoms with Crippen molar-refractivity contribution in [2.24, 2.45) is 5.92 Å². The largest absolute Gasteiger partial charge is 0.486 e. The number of benzene rings is 3. The number of fused-ring (bicyclic) bond motifs is 2. The highest BCUT2D eigenvalue weighted by atomic mass is 32.2. The number of hydrogen-bond acceptors (Lipinski definition) is 13. The molecule has 0 aliphatic carbocycles. The molecule has 3 N–H and O–H groups in total. The van der Waals surface area contributed by atoms with Gasteiger partial charge in [-0.05, 0) is 94.5 Å². The first-order valence-corrected chi connectivity index (χ1v) is 23.1. The van der Waals surface area contributed by atoms with Gasteiger partial charge in [0.15, 0.2) is 17.4 Å². The molecular weight excluding hydrogens is 865 g/mol. The second kappa shape index (κ2) is 17.4. The van der Waals surface area contributed by atoms with Crippen molar-refractivity contribution in [2.45, 2.75) is 75.4 Å². The summed E-state index contributed by atoms with van der Waals surface area (Å²) in [5.41, 5.74) is 2.01. The number of anilines is 4. The van der Waals surface area contributed by atoms with Gasteiger partial charge in [-0.1, -0.05) is 6.07 Å². The molecule has 0 radical (unpaired) electrons. The minimum atomic E-state index is -3.88. The van der Waals surface area contributed by atoms with Crippen molar-refractivity contribution in [3.05, 3.63) is 83.6 Å².